The summed E-state index contributed by atoms with van der Waals surface area (Å²) >= 11 is 0. The number of aryl methyl sites for hydroxylation is 2. The highest BCUT2D eigenvalue weighted by Crippen LogP contribution is 2.27. The first-order valence-electron chi connectivity index (χ1n) is 7.03. The lowest BCUT2D eigenvalue weighted by Crippen LogP contribution is -2.47. The second-order valence-corrected chi connectivity index (χ2v) is 5.70. The van der Waals surface area contributed by atoms with Crippen LogP contribution in [0.25, 0.3) is 0 Å². The van der Waals surface area contributed by atoms with E-state index in [1.807, 2.05) is 25.7 Å². The molecule has 2 atom stereocenters. The van der Waals surface area contributed by atoms with Gasteiger partial charge in [0.15, 0.2) is 0 Å². The molecule has 19 heavy (non-hydrogen) atoms. The van der Waals surface area contributed by atoms with Gasteiger partial charge in [-0.15, -0.1) is 0 Å². The van der Waals surface area contributed by atoms with E-state index in [2.05, 4.69) is 6.92 Å². The molecule has 1 aliphatic rings. The molecular formula is C15H24N2O2. The van der Waals surface area contributed by atoms with E-state index >= 15 is 0 Å². The Morgan fingerprint density at radius 3 is 2.53 bits per heavy atom. The number of rotatable bonds is 2. The topological polar surface area (TPSA) is 59.5 Å². The van der Waals surface area contributed by atoms with Gasteiger partial charge in [-0.3, -0.25) is 4.79 Å². The minimum atomic E-state index is 0.0949. The van der Waals surface area contributed by atoms with E-state index in [9.17, 15) is 4.79 Å². The quantitative estimate of drug-likeness (QED) is 0.892. The molecule has 1 aliphatic heterocycles. The van der Waals surface area contributed by atoms with Gasteiger partial charge in [-0.05, 0) is 53.0 Å². The Morgan fingerprint density at radius 2 is 2.00 bits per heavy atom. The average molecular weight is 264 g/mol. The van der Waals surface area contributed by atoms with E-state index in [-0.39, 0.29) is 11.9 Å². The van der Waals surface area contributed by atoms with Crippen LogP contribution in [-0.4, -0.2) is 29.9 Å². The molecule has 106 valence electrons. The van der Waals surface area contributed by atoms with Gasteiger partial charge < -0.3 is 15.1 Å². The third kappa shape index (κ3) is 2.54. The van der Waals surface area contributed by atoms with Gasteiger partial charge in [0.25, 0.3) is 5.91 Å². The maximum absolute atomic E-state index is 12.8. The molecule has 4 nitrogen and oxygen atoms in total. The van der Waals surface area contributed by atoms with Crippen molar-refractivity contribution in [3.8, 4) is 0 Å². The molecule has 1 aromatic rings. The summed E-state index contributed by atoms with van der Waals surface area (Å²) in [7, 11) is 0. The Balaban J connectivity index is 2.27. The zero-order valence-electron chi connectivity index (χ0n) is 12.3. The third-order valence-corrected chi connectivity index (χ3v) is 4.35. The van der Waals surface area contributed by atoms with Crippen LogP contribution in [-0.2, 0) is 0 Å². The van der Waals surface area contributed by atoms with E-state index < -0.39 is 0 Å². The highest BCUT2D eigenvalue weighted by Gasteiger charge is 2.31. The van der Waals surface area contributed by atoms with Gasteiger partial charge in [-0.2, -0.15) is 0 Å². The second-order valence-electron chi connectivity index (χ2n) is 5.70. The van der Waals surface area contributed by atoms with Crippen LogP contribution in [0.5, 0.6) is 0 Å². The van der Waals surface area contributed by atoms with Crippen molar-refractivity contribution >= 4 is 5.91 Å². The SMILES string of the molecule is Cc1oc(C)c(C(=O)N2CC(CN)CCC2C)c1C. The van der Waals surface area contributed by atoms with Crippen LogP contribution in [0.15, 0.2) is 4.42 Å². The number of likely N-dealkylation sites (tertiary alicyclic amines) is 1. The van der Waals surface area contributed by atoms with Crippen molar-refractivity contribution < 1.29 is 9.21 Å². The molecule has 2 rings (SSSR count). The standard InChI is InChI=1S/C15H24N2O2/c1-9-5-6-13(7-16)8-17(9)15(18)14-10(2)11(3)19-12(14)4/h9,13H,5-8,16H2,1-4H3. The molecule has 0 saturated carbocycles. The molecule has 4 heteroatoms. The molecule has 1 amide bonds. The lowest BCUT2D eigenvalue weighted by molar-refractivity contribution is 0.0564. The third-order valence-electron chi connectivity index (χ3n) is 4.35. The minimum Gasteiger partial charge on any atom is -0.466 e. The van der Waals surface area contributed by atoms with Crippen molar-refractivity contribution in [2.45, 2.75) is 46.6 Å². The number of furan rings is 1. The fourth-order valence-corrected chi connectivity index (χ4v) is 2.91. The molecule has 1 aromatic heterocycles. The summed E-state index contributed by atoms with van der Waals surface area (Å²) < 4.78 is 5.57. The number of carbonyl (C=O) groups is 1. The fraction of sp³-hybridized carbons (Fsp3) is 0.667. The first kappa shape index (κ1) is 14.1. The highest BCUT2D eigenvalue weighted by molar-refractivity contribution is 5.97. The maximum Gasteiger partial charge on any atom is 0.257 e. The summed E-state index contributed by atoms with van der Waals surface area (Å²) in [5.74, 6) is 2.08. The largest absolute Gasteiger partial charge is 0.466 e. The Kier molecular flexibility index (Phi) is 3.99. The predicted molar refractivity (Wildman–Crippen MR) is 75.2 cm³/mol. The molecule has 0 aromatic carbocycles. The Morgan fingerprint density at radius 1 is 1.32 bits per heavy atom. The number of hydrogen-bond acceptors (Lipinski definition) is 3. The lowest BCUT2D eigenvalue weighted by atomic mass is 9.92. The number of nitrogens with zero attached hydrogens (tertiary/aromatic N) is 1. The molecule has 0 radical (unpaired) electrons. The van der Waals surface area contributed by atoms with Gasteiger partial charge in [-0.1, -0.05) is 0 Å². The summed E-state index contributed by atoms with van der Waals surface area (Å²) in [6, 6.07) is 0.282. The summed E-state index contributed by atoms with van der Waals surface area (Å²) in [6.45, 7) is 9.25. The van der Waals surface area contributed by atoms with E-state index in [1.54, 1.807) is 0 Å². The van der Waals surface area contributed by atoms with E-state index in [1.165, 1.54) is 0 Å². The fourth-order valence-electron chi connectivity index (χ4n) is 2.91. The minimum absolute atomic E-state index is 0.0949. The smallest absolute Gasteiger partial charge is 0.257 e. The van der Waals surface area contributed by atoms with E-state index in [0.29, 0.717) is 12.5 Å². The van der Waals surface area contributed by atoms with Crippen LogP contribution in [0.3, 0.4) is 0 Å². The van der Waals surface area contributed by atoms with Gasteiger partial charge >= 0.3 is 0 Å². The Bertz CT molecular complexity index is 479. The summed E-state index contributed by atoms with van der Waals surface area (Å²) in [5.41, 5.74) is 7.46. The summed E-state index contributed by atoms with van der Waals surface area (Å²) in [5, 5.41) is 0. The first-order valence-corrected chi connectivity index (χ1v) is 7.03. The van der Waals surface area contributed by atoms with E-state index in [0.717, 1.165) is 42.0 Å². The predicted octanol–water partition coefficient (Wildman–Crippen LogP) is 2.40. The normalized spacial score (nSPS) is 23.7. The van der Waals surface area contributed by atoms with Crippen molar-refractivity contribution in [3.63, 3.8) is 0 Å². The zero-order chi connectivity index (χ0) is 14.2. The van der Waals surface area contributed by atoms with Crippen molar-refractivity contribution in [1.82, 2.24) is 4.90 Å². The molecular weight excluding hydrogens is 240 g/mol. The summed E-state index contributed by atoms with van der Waals surface area (Å²) in [6.07, 6.45) is 2.15. The number of piperidine rings is 1. The summed E-state index contributed by atoms with van der Waals surface area (Å²) in [4.78, 5) is 14.7. The van der Waals surface area contributed by atoms with Crippen molar-refractivity contribution in [3.05, 3.63) is 22.6 Å². The van der Waals surface area contributed by atoms with Crippen LogP contribution < -0.4 is 5.73 Å². The molecule has 1 fully saturated rings. The molecule has 0 aliphatic carbocycles. The van der Waals surface area contributed by atoms with Crippen molar-refractivity contribution in [1.29, 1.82) is 0 Å². The van der Waals surface area contributed by atoms with Gasteiger partial charge in [-0.25, -0.2) is 0 Å². The Labute approximate surface area is 114 Å². The van der Waals surface area contributed by atoms with Gasteiger partial charge in [0, 0.05) is 18.2 Å². The molecule has 0 spiro atoms. The maximum atomic E-state index is 12.8. The van der Waals surface area contributed by atoms with Crippen LogP contribution in [0, 0.1) is 26.7 Å². The lowest BCUT2D eigenvalue weighted by Gasteiger charge is -2.37. The number of carbonyl (C=O) groups excluding carboxylic acids is 1. The highest BCUT2D eigenvalue weighted by atomic mass is 16.3. The Hall–Kier alpha value is -1.29. The van der Waals surface area contributed by atoms with Gasteiger partial charge in [0.1, 0.15) is 11.5 Å². The molecule has 2 heterocycles. The van der Waals surface area contributed by atoms with Gasteiger partial charge in [0.2, 0.25) is 0 Å². The van der Waals surface area contributed by atoms with Crippen LogP contribution >= 0.6 is 0 Å². The number of nitrogens with two attached hydrogens (primary N) is 1. The van der Waals surface area contributed by atoms with Crippen molar-refractivity contribution in [2.24, 2.45) is 11.7 Å². The molecule has 2 unspecified atom stereocenters. The van der Waals surface area contributed by atoms with Crippen LogP contribution in [0.2, 0.25) is 0 Å². The molecule has 0 bridgehead atoms. The zero-order valence-corrected chi connectivity index (χ0v) is 12.3. The molecule has 1 saturated heterocycles. The monoisotopic (exact) mass is 264 g/mol. The number of hydrogen-bond donors (Lipinski definition) is 1. The van der Waals surface area contributed by atoms with Crippen LogP contribution in [0.1, 0.15) is 47.2 Å². The van der Waals surface area contributed by atoms with E-state index in [4.69, 9.17) is 10.2 Å². The first-order chi connectivity index (χ1) is 8.95. The van der Waals surface area contributed by atoms with Crippen LogP contribution in [0.4, 0.5) is 0 Å². The average Bonchev–Trinajstić information content (AvgIpc) is 2.63. The van der Waals surface area contributed by atoms with Gasteiger partial charge in [0.05, 0.1) is 5.56 Å². The second kappa shape index (κ2) is 5.37. The molecule has 2 N–H and O–H groups in total. The van der Waals surface area contributed by atoms with Crippen molar-refractivity contribution in [2.75, 3.05) is 13.1 Å². The number of amides is 1.